The molecule has 0 saturated carbocycles. The summed E-state index contributed by atoms with van der Waals surface area (Å²) in [5.74, 6) is -0.867. The van der Waals surface area contributed by atoms with Gasteiger partial charge in [0.25, 0.3) is 0 Å². The molecule has 1 aromatic heterocycles. The maximum absolute atomic E-state index is 13.9. The van der Waals surface area contributed by atoms with Gasteiger partial charge in [0.2, 0.25) is 5.91 Å². The van der Waals surface area contributed by atoms with E-state index in [4.69, 9.17) is 26.1 Å². The minimum atomic E-state index is -0.938. The second kappa shape index (κ2) is 15.2. The molecule has 1 aliphatic heterocycles. The number of halogens is 1. The summed E-state index contributed by atoms with van der Waals surface area (Å²) < 4.78 is 12.4. The van der Waals surface area contributed by atoms with Gasteiger partial charge >= 0.3 is 12.1 Å². The molecule has 11 heteroatoms. The molecule has 1 amide bonds. The van der Waals surface area contributed by atoms with Crippen molar-refractivity contribution in [1.82, 2.24) is 14.4 Å². The monoisotopic (exact) mass is 715 g/mol. The average Bonchev–Trinajstić information content (AvgIpc) is 3.48. The molecular formula is C41H38ClN5O5. The number of ether oxygens (including phenoxy) is 2. The Morgan fingerprint density at radius 2 is 1.60 bits per heavy atom. The lowest BCUT2D eigenvalue weighted by Gasteiger charge is -2.39. The number of methoxy groups -OCH3 is 1. The number of piperazine rings is 1. The van der Waals surface area contributed by atoms with E-state index in [1.54, 1.807) is 57.2 Å². The van der Waals surface area contributed by atoms with Gasteiger partial charge in [-0.15, -0.1) is 0 Å². The van der Waals surface area contributed by atoms with Gasteiger partial charge < -0.3 is 14.4 Å². The summed E-state index contributed by atoms with van der Waals surface area (Å²) in [6, 6.07) is 33.0. The van der Waals surface area contributed by atoms with E-state index in [9.17, 15) is 19.6 Å². The molecule has 0 N–H and O–H groups in total. The zero-order chi connectivity index (χ0) is 37.0. The first-order valence-corrected chi connectivity index (χ1v) is 17.2. The van der Waals surface area contributed by atoms with Crippen LogP contribution in [0.15, 0.2) is 108 Å². The quantitative estimate of drug-likeness (QED) is 0.121. The summed E-state index contributed by atoms with van der Waals surface area (Å²) in [7, 11) is 1.29. The zero-order valence-electron chi connectivity index (χ0n) is 29.4. The van der Waals surface area contributed by atoms with E-state index in [0.29, 0.717) is 38.8 Å². The van der Waals surface area contributed by atoms with Crippen LogP contribution in [0.2, 0.25) is 5.02 Å². The summed E-state index contributed by atoms with van der Waals surface area (Å²) in [5, 5.41) is 11.3. The Balaban J connectivity index is 1.30. The van der Waals surface area contributed by atoms with E-state index in [0.717, 1.165) is 16.5 Å². The standard InChI is InChI=1S/C41H38ClN5O5/c1-41(2,3)52-40(50)47-33(21-31-20-32(42)17-18-35(31)47)24-45-25-36(39(49)51-4)46(37(48)26-45)23-27-15-16-30(22-43)34(19-27)44-38(28-11-7-5-8-12-28)29-13-9-6-10-14-29/h5-21,36H,23-26H2,1-4H3. The molecule has 1 saturated heterocycles. The smallest absolute Gasteiger partial charge is 0.419 e. The Labute approximate surface area is 307 Å². The predicted octanol–water partition coefficient (Wildman–Crippen LogP) is 7.50. The van der Waals surface area contributed by atoms with Gasteiger partial charge in [-0.1, -0.05) is 78.3 Å². The molecule has 1 atom stereocenters. The Kier molecular flexibility index (Phi) is 10.6. The minimum absolute atomic E-state index is 0.0163. The first kappa shape index (κ1) is 36.0. The molecule has 0 aliphatic carbocycles. The number of benzene rings is 4. The number of nitriles is 1. The highest BCUT2D eigenvalue weighted by atomic mass is 35.5. The number of carbonyl (C=O) groups excluding carboxylic acids is 3. The number of carbonyl (C=O) groups is 3. The number of nitrogens with zero attached hydrogens (tertiary/aromatic N) is 5. The summed E-state index contributed by atoms with van der Waals surface area (Å²) in [5.41, 5.74) is 4.42. The maximum atomic E-state index is 13.9. The van der Waals surface area contributed by atoms with Crippen LogP contribution >= 0.6 is 11.6 Å². The van der Waals surface area contributed by atoms with Gasteiger partial charge in [-0.05, 0) is 62.7 Å². The molecule has 0 bridgehead atoms. The Bertz CT molecular complexity index is 2160. The van der Waals surface area contributed by atoms with Crippen molar-refractivity contribution in [1.29, 1.82) is 5.26 Å². The van der Waals surface area contributed by atoms with Gasteiger partial charge in [-0.25, -0.2) is 19.1 Å². The summed E-state index contributed by atoms with van der Waals surface area (Å²) in [6.45, 7) is 5.78. The number of amides is 1. The first-order chi connectivity index (χ1) is 24.9. The van der Waals surface area contributed by atoms with Gasteiger partial charge in [0.05, 0.1) is 36.1 Å². The van der Waals surface area contributed by atoms with Crippen molar-refractivity contribution in [2.24, 2.45) is 4.99 Å². The third-order valence-corrected chi connectivity index (χ3v) is 8.86. The number of rotatable bonds is 8. The van der Waals surface area contributed by atoms with Crippen LogP contribution in [-0.2, 0) is 32.2 Å². The Morgan fingerprint density at radius 1 is 0.923 bits per heavy atom. The Morgan fingerprint density at radius 3 is 2.21 bits per heavy atom. The Hall–Kier alpha value is -5.76. The molecule has 1 fully saturated rings. The molecule has 0 spiro atoms. The molecule has 1 aliphatic rings. The number of aliphatic imine (C=N–C) groups is 1. The molecule has 264 valence electrons. The fraction of sp³-hybridized carbons (Fsp3) is 0.244. The van der Waals surface area contributed by atoms with Gasteiger partial charge in [0.15, 0.2) is 0 Å². The average molecular weight is 716 g/mol. The lowest BCUT2D eigenvalue weighted by molar-refractivity contribution is -0.159. The van der Waals surface area contributed by atoms with Crippen LogP contribution in [0.1, 0.15) is 48.7 Å². The van der Waals surface area contributed by atoms with Crippen molar-refractivity contribution < 1.29 is 23.9 Å². The van der Waals surface area contributed by atoms with Crippen molar-refractivity contribution in [3.63, 3.8) is 0 Å². The topological polar surface area (TPSA) is 117 Å². The molecular weight excluding hydrogens is 678 g/mol. The third-order valence-electron chi connectivity index (χ3n) is 8.62. The fourth-order valence-corrected chi connectivity index (χ4v) is 6.48. The van der Waals surface area contributed by atoms with Crippen molar-refractivity contribution in [2.75, 3.05) is 20.2 Å². The lowest BCUT2D eigenvalue weighted by Crippen LogP contribution is -2.59. The van der Waals surface area contributed by atoms with E-state index in [1.165, 1.54) is 16.6 Å². The molecule has 4 aromatic carbocycles. The highest BCUT2D eigenvalue weighted by Crippen LogP contribution is 2.29. The van der Waals surface area contributed by atoms with Crippen LogP contribution in [0.4, 0.5) is 10.5 Å². The van der Waals surface area contributed by atoms with E-state index in [-0.39, 0.29) is 32.1 Å². The second-order valence-corrected chi connectivity index (χ2v) is 14.0. The van der Waals surface area contributed by atoms with Crippen molar-refractivity contribution >= 4 is 51.9 Å². The van der Waals surface area contributed by atoms with Crippen LogP contribution in [0.5, 0.6) is 0 Å². The van der Waals surface area contributed by atoms with E-state index in [1.807, 2.05) is 71.6 Å². The number of hydrogen-bond acceptors (Lipinski definition) is 8. The molecule has 0 radical (unpaired) electrons. The summed E-state index contributed by atoms with van der Waals surface area (Å²) >= 11 is 6.28. The fourth-order valence-electron chi connectivity index (χ4n) is 6.30. The number of esters is 1. The zero-order valence-corrected chi connectivity index (χ0v) is 30.1. The van der Waals surface area contributed by atoms with E-state index >= 15 is 0 Å². The molecule has 2 heterocycles. The predicted molar refractivity (Wildman–Crippen MR) is 200 cm³/mol. The van der Waals surface area contributed by atoms with Crippen LogP contribution in [0.3, 0.4) is 0 Å². The van der Waals surface area contributed by atoms with Crippen molar-refractivity contribution in [3.05, 3.63) is 136 Å². The molecule has 5 aromatic rings. The maximum Gasteiger partial charge on any atom is 0.419 e. The van der Waals surface area contributed by atoms with Gasteiger partial charge in [0.1, 0.15) is 17.7 Å². The van der Waals surface area contributed by atoms with Crippen LogP contribution in [0.25, 0.3) is 10.9 Å². The number of hydrogen-bond donors (Lipinski definition) is 0. The van der Waals surface area contributed by atoms with E-state index < -0.39 is 23.7 Å². The number of aromatic nitrogens is 1. The largest absolute Gasteiger partial charge is 0.467 e. The molecule has 10 nitrogen and oxygen atoms in total. The normalized spacial score (nSPS) is 14.9. The van der Waals surface area contributed by atoms with Crippen molar-refractivity contribution in [2.45, 2.75) is 45.5 Å². The summed E-state index contributed by atoms with van der Waals surface area (Å²) in [4.78, 5) is 48.9. The third kappa shape index (κ3) is 8.07. The van der Waals surface area contributed by atoms with Crippen LogP contribution in [0, 0.1) is 11.3 Å². The van der Waals surface area contributed by atoms with Gasteiger partial charge in [-0.2, -0.15) is 5.26 Å². The molecule has 52 heavy (non-hydrogen) atoms. The van der Waals surface area contributed by atoms with Crippen LogP contribution in [-0.4, -0.2) is 69.9 Å². The first-order valence-electron chi connectivity index (χ1n) is 16.8. The van der Waals surface area contributed by atoms with Gasteiger partial charge in [-0.3, -0.25) is 9.69 Å². The SMILES string of the molecule is COC(=O)C1CN(Cc2cc3cc(Cl)ccc3n2C(=O)OC(C)(C)C)CC(=O)N1Cc1ccc(C#N)c(N=C(c2ccccc2)c2ccccc2)c1. The summed E-state index contributed by atoms with van der Waals surface area (Å²) in [6.07, 6.45) is -0.559. The second-order valence-electron chi connectivity index (χ2n) is 13.5. The van der Waals surface area contributed by atoms with E-state index in [2.05, 4.69) is 6.07 Å². The van der Waals surface area contributed by atoms with Crippen LogP contribution < -0.4 is 0 Å². The molecule has 6 rings (SSSR count). The number of fused-ring (bicyclic) bond motifs is 1. The van der Waals surface area contributed by atoms with Crippen molar-refractivity contribution in [3.8, 4) is 6.07 Å². The lowest BCUT2D eigenvalue weighted by atomic mass is 10.0. The minimum Gasteiger partial charge on any atom is -0.467 e. The highest BCUT2D eigenvalue weighted by Gasteiger charge is 2.38. The van der Waals surface area contributed by atoms with Gasteiger partial charge in [0, 0.05) is 46.9 Å². The molecule has 1 unspecified atom stereocenters. The highest BCUT2D eigenvalue weighted by molar-refractivity contribution is 6.31.